The molecule has 0 aromatic rings. The first-order valence-corrected chi connectivity index (χ1v) is 55.3. The van der Waals surface area contributed by atoms with Gasteiger partial charge in [0.15, 0.2) is 0 Å². The first kappa shape index (κ1) is 112. The van der Waals surface area contributed by atoms with Crippen LogP contribution in [0.2, 0.25) is 0 Å². The smallest absolute Gasteiger partial charge is 0.306 e. The molecule has 0 heterocycles. The Morgan fingerprint density at radius 2 is 0.179 bits per heavy atom. The van der Waals surface area contributed by atoms with Crippen molar-refractivity contribution in [1.29, 1.82) is 0 Å². The average molecular weight is 1600 g/mol. The maximum absolute atomic E-state index is 8.79. The van der Waals surface area contributed by atoms with Gasteiger partial charge in [0.1, 0.15) is 0 Å². The van der Waals surface area contributed by atoms with Gasteiger partial charge in [-0.1, -0.05) is 621 Å². The number of hydrogen-bond donors (Lipinski definition) is 0. The van der Waals surface area contributed by atoms with Gasteiger partial charge in [-0.05, 0) is 57.8 Å². The third kappa shape index (κ3) is 78.8. The zero-order valence-electron chi connectivity index (χ0n) is 80.1. The molecule has 0 saturated heterocycles. The van der Waals surface area contributed by atoms with Crippen molar-refractivity contribution in [3.63, 3.8) is 0 Å². The highest BCUT2D eigenvalue weighted by Gasteiger charge is 2.44. The van der Waals surface area contributed by atoms with E-state index in [9.17, 15) is 0 Å². The summed E-state index contributed by atoms with van der Waals surface area (Å²) in [6, 6.07) is 0. The number of rotatable bonds is 102. The van der Waals surface area contributed by atoms with Crippen LogP contribution in [0.3, 0.4) is 0 Å². The molecule has 0 aromatic heterocycles. The molecule has 0 spiro atoms. The van der Waals surface area contributed by atoms with Gasteiger partial charge in [0, 0.05) is 0 Å². The van der Waals surface area contributed by atoms with E-state index in [1.54, 1.807) is 0 Å². The van der Waals surface area contributed by atoms with Crippen molar-refractivity contribution in [3.8, 4) is 0 Å². The van der Waals surface area contributed by atoms with E-state index in [-0.39, 0.29) is 16.8 Å². The summed E-state index contributed by atoms with van der Waals surface area (Å²) in [6.45, 7) is 21.4. The predicted molar refractivity (Wildman–Crippen MR) is 513 cm³/mol. The van der Waals surface area contributed by atoms with Crippen molar-refractivity contribution < 1.29 is 13.6 Å². The molecule has 4 heteroatoms. The van der Waals surface area contributed by atoms with Crippen LogP contribution in [0.15, 0.2) is 0 Å². The first-order valence-electron chi connectivity index (χ1n) is 54.2. The Labute approximate surface area is 713 Å². The monoisotopic (exact) mass is 1600 g/mol. The van der Waals surface area contributed by atoms with Crippen LogP contribution < -0.4 is 0 Å². The maximum Gasteiger partial charge on any atom is 0.334 e. The molecule has 0 aliphatic rings. The second-order valence-electron chi connectivity index (χ2n) is 38.4. The molecule has 0 fully saturated rings. The van der Waals surface area contributed by atoms with E-state index in [2.05, 4.69) is 62.3 Å². The van der Waals surface area contributed by atoms with E-state index < -0.39 is 8.60 Å². The molecule has 0 aliphatic heterocycles. The second-order valence-corrected chi connectivity index (χ2v) is 39.4. The molecule has 0 rings (SSSR count). The molecule has 0 radical (unpaired) electrons. The minimum atomic E-state index is -1.66. The highest BCUT2D eigenvalue weighted by Crippen LogP contribution is 2.58. The summed E-state index contributed by atoms with van der Waals surface area (Å²) < 4.78 is 26.4. The van der Waals surface area contributed by atoms with Gasteiger partial charge in [0.2, 0.25) is 0 Å². The molecule has 0 saturated carbocycles. The summed E-state index contributed by atoms with van der Waals surface area (Å²) in [4.78, 5) is 0. The standard InChI is InChI=1S/C108H219O3P/c1-10-19-28-37-46-55-64-73-82-91-100-106(97-88-79-70-61-52-43-34-25-16-7,101-92-83-74-65-56-47-38-29-20-11-2)109-112(110-107(98-89-80-71-62-53-44-35-26-17-8,102-93-84-75-66-57-48-39-30-21-12-3)103-94-85-76-67-58-49-40-31-22-13-4)111-108(99-90-81-72-63-54-45-36-27-18-9,104-95-86-77-68-59-50-41-32-23-14-5)105-96-87-78-69-60-51-42-33-24-15-6/h10-105H2,1-9H3. The van der Waals surface area contributed by atoms with Crippen LogP contribution in [0.25, 0.3) is 0 Å². The maximum atomic E-state index is 8.79. The van der Waals surface area contributed by atoms with Crippen molar-refractivity contribution in [2.75, 3.05) is 0 Å². The molecule has 0 N–H and O–H groups in total. The summed E-state index contributed by atoms with van der Waals surface area (Å²) >= 11 is 0. The quantitative estimate of drug-likeness (QED) is 0.0449. The minimum Gasteiger partial charge on any atom is -0.306 e. The van der Waals surface area contributed by atoms with Gasteiger partial charge in [0.05, 0.1) is 16.8 Å². The summed E-state index contributed by atoms with van der Waals surface area (Å²) in [7, 11) is -1.66. The van der Waals surface area contributed by atoms with Crippen LogP contribution in [-0.2, 0) is 13.6 Å². The highest BCUT2D eigenvalue weighted by molar-refractivity contribution is 7.41. The Morgan fingerprint density at radius 3 is 0.259 bits per heavy atom. The fourth-order valence-electron chi connectivity index (χ4n) is 18.9. The lowest BCUT2D eigenvalue weighted by atomic mass is 9.85. The molecular weight excluding hydrogens is 1380 g/mol. The van der Waals surface area contributed by atoms with Crippen molar-refractivity contribution >= 4 is 8.60 Å². The van der Waals surface area contributed by atoms with Crippen molar-refractivity contribution in [1.82, 2.24) is 0 Å². The largest absolute Gasteiger partial charge is 0.334 e. The zero-order valence-corrected chi connectivity index (χ0v) is 80.9. The van der Waals surface area contributed by atoms with Crippen LogP contribution in [0, 0.1) is 0 Å². The van der Waals surface area contributed by atoms with Gasteiger partial charge < -0.3 is 13.6 Å². The zero-order chi connectivity index (χ0) is 81.1. The molecule has 0 atom stereocenters. The fourth-order valence-corrected chi connectivity index (χ4v) is 20.8. The Hall–Kier alpha value is 0.310. The van der Waals surface area contributed by atoms with E-state index in [1.807, 2.05) is 0 Å². The summed E-state index contributed by atoms with van der Waals surface area (Å²) in [5, 5.41) is 0. The average Bonchev–Trinajstić information content (AvgIpc) is 0.805. The molecule has 0 unspecified atom stereocenters. The van der Waals surface area contributed by atoms with Gasteiger partial charge in [-0.2, -0.15) is 0 Å². The van der Waals surface area contributed by atoms with E-state index in [4.69, 9.17) is 13.6 Å². The van der Waals surface area contributed by atoms with Crippen LogP contribution in [-0.4, -0.2) is 16.8 Å². The minimum absolute atomic E-state index is 0.206. The van der Waals surface area contributed by atoms with E-state index in [0.29, 0.717) is 0 Å². The van der Waals surface area contributed by atoms with E-state index >= 15 is 0 Å². The Balaban J connectivity index is 8.79. The van der Waals surface area contributed by atoms with Gasteiger partial charge >= 0.3 is 8.60 Å². The van der Waals surface area contributed by atoms with Crippen molar-refractivity contribution in [2.24, 2.45) is 0 Å². The number of hydrogen-bond acceptors (Lipinski definition) is 3. The fraction of sp³-hybridized carbons (Fsp3) is 1.00. The van der Waals surface area contributed by atoms with Crippen molar-refractivity contribution in [2.45, 2.75) is 696 Å². The van der Waals surface area contributed by atoms with Gasteiger partial charge in [0.25, 0.3) is 0 Å². The van der Waals surface area contributed by atoms with Gasteiger partial charge in [-0.25, -0.2) is 0 Å². The summed E-state index contributed by atoms with van der Waals surface area (Å²) in [6.07, 6.45) is 132. The molecule has 3 nitrogen and oxygen atoms in total. The lowest BCUT2D eigenvalue weighted by molar-refractivity contribution is -0.0700. The lowest BCUT2D eigenvalue weighted by Gasteiger charge is -2.45. The predicted octanol–water partition coefficient (Wildman–Crippen LogP) is 42.1. The molecule has 0 amide bonds. The molecule has 0 aromatic carbocycles. The molecule has 0 aliphatic carbocycles. The lowest BCUT2D eigenvalue weighted by Crippen LogP contribution is -2.39. The van der Waals surface area contributed by atoms with Crippen LogP contribution in [0.1, 0.15) is 679 Å². The Kier molecular flexibility index (Phi) is 93.8. The molecular formula is C108H219O3P. The topological polar surface area (TPSA) is 27.7 Å². The SMILES string of the molecule is CCCCCCCCCCCCC(CCCCCCCCCCC)(CCCCCCCCCCCC)OP(OC(CCCCCCCCCCC)(CCCCCCCCCCCC)CCCCCCCCCCCC)OC(CCCCCCCCCCC)(CCCCCCCCCCCC)CCCCCCCCCCCC. The van der Waals surface area contributed by atoms with Crippen LogP contribution in [0.5, 0.6) is 0 Å². The highest BCUT2D eigenvalue weighted by atomic mass is 31.2. The van der Waals surface area contributed by atoms with E-state index in [0.717, 1.165) is 0 Å². The summed E-state index contributed by atoms with van der Waals surface area (Å²) in [5.41, 5.74) is -0.617. The molecule has 0 bridgehead atoms. The number of unbranched alkanes of at least 4 members (excludes halogenated alkanes) is 78. The normalized spacial score (nSPS) is 12.4. The molecule has 112 heavy (non-hydrogen) atoms. The van der Waals surface area contributed by atoms with Crippen molar-refractivity contribution in [3.05, 3.63) is 0 Å². The summed E-state index contributed by atoms with van der Waals surface area (Å²) in [5.74, 6) is 0. The van der Waals surface area contributed by atoms with E-state index in [1.165, 1.54) is 616 Å². The first-order chi connectivity index (χ1) is 55.3. The van der Waals surface area contributed by atoms with Crippen LogP contribution in [0.4, 0.5) is 0 Å². The second kappa shape index (κ2) is 93.6. The Morgan fingerprint density at radius 1 is 0.107 bits per heavy atom. The van der Waals surface area contributed by atoms with Gasteiger partial charge in [-0.15, -0.1) is 0 Å². The third-order valence-corrected chi connectivity index (χ3v) is 28.5. The third-order valence-electron chi connectivity index (χ3n) is 26.9. The van der Waals surface area contributed by atoms with Gasteiger partial charge in [-0.3, -0.25) is 0 Å². The molecule has 674 valence electrons. The Bertz CT molecular complexity index is 1420. The van der Waals surface area contributed by atoms with Crippen LogP contribution >= 0.6 is 8.60 Å².